The van der Waals surface area contributed by atoms with Gasteiger partial charge in [-0.05, 0) is 24.1 Å². The molecule has 3 rings (SSSR count). The maximum absolute atomic E-state index is 11.4. The highest BCUT2D eigenvalue weighted by Gasteiger charge is 2.29. The number of nitrogens with one attached hydrogen (secondary N) is 2. The Bertz CT molecular complexity index is 465. The monoisotopic (exact) mass is 188 g/mol. The predicted octanol–water partition coefficient (Wildman–Crippen LogP) is 0.789. The van der Waals surface area contributed by atoms with Crippen LogP contribution >= 0.6 is 0 Å². The third-order valence-corrected chi connectivity index (χ3v) is 2.65. The molecule has 2 aliphatic rings. The maximum Gasteiger partial charge on any atom is 0.296 e. The topological polar surface area (TPSA) is 58.2 Å². The van der Waals surface area contributed by atoms with Crippen molar-refractivity contribution >= 4 is 23.1 Å². The zero-order chi connectivity index (χ0) is 9.71. The van der Waals surface area contributed by atoms with Gasteiger partial charge in [0.1, 0.15) is 0 Å². The van der Waals surface area contributed by atoms with Crippen molar-refractivity contribution in [3.8, 4) is 0 Å². The predicted molar refractivity (Wildman–Crippen MR) is 51.6 cm³/mol. The van der Waals surface area contributed by atoms with Gasteiger partial charge in [0.2, 0.25) is 0 Å². The summed E-state index contributed by atoms with van der Waals surface area (Å²) in [6.07, 6.45) is 0.951. The number of amides is 1. The fourth-order valence-corrected chi connectivity index (χ4v) is 1.94. The van der Waals surface area contributed by atoms with E-state index in [4.69, 9.17) is 0 Å². The van der Waals surface area contributed by atoms with E-state index in [9.17, 15) is 9.59 Å². The van der Waals surface area contributed by atoms with Gasteiger partial charge in [-0.1, -0.05) is 0 Å². The lowest BCUT2D eigenvalue weighted by Gasteiger charge is -2.02. The third kappa shape index (κ3) is 0.824. The number of rotatable bonds is 0. The van der Waals surface area contributed by atoms with Gasteiger partial charge in [-0.15, -0.1) is 0 Å². The van der Waals surface area contributed by atoms with E-state index in [1.165, 1.54) is 5.56 Å². The molecule has 1 aromatic carbocycles. The Morgan fingerprint density at radius 1 is 1.14 bits per heavy atom. The summed E-state index contributed by atoms with van der Waals surface area (Å²) in [7, 11) is 0. The van der Waals surface area contributed by atoms with Crippen molar-refractivity contribution in [2.24, 2.45) is 0 Å². The first kappa shape index (κ1) is 7.55. The molecule has 0 aromatic heterocycles. The van der Waals surface area contributed by atoms with Crippen LogP contribution in [0.3, 0.4) is 0 Å². The van der Waals surface area contributed by atoms with E-state index >= 15 is 0 Å². The van der Waals surface area contributed by atoms with Crippen molar-refractivity contribution in [1.29, 1.82) is 0 Å². The highest BCUT2D eigenvalue weighted by atomic mass is 16.2. The SMILES string of the molecule is O=C1Nc2cc3c(cc2C1=O)NCC3. The minimum absolute atomic E-state index is 0.434. The van der Waals surface area contributed by atoms with Crippen LogP contribution in [0.4, 0.5) is 11.4 Å². The first-order valence-electron chi connectivity index (χ1n) is 4.52. The average Bonchev–Trinajstić information content (AvgIpc) is 2.70. The number of ketones is 1. The Hall–Kier alpha value is -1.84. The molecule has 0 aliphatic carbocycles. The van der Waals surface area contributed by atoms with Crippen LogP contribution in [0.25, 0.3) is 0 Å². The number of hydrogen-bond acceptors (Lipinski definition) is 3. The number of anilines is 2. The first-order valence-corrected chi connectivity index (χ1v) is 4.52. The summed E-state index contributed by atoms with van der Waals surface area (Å²) in [5, 5.41) is 5.73. The van der Waals surface area contributed by atoms with E-state index in [-0.39, 0.29) is 0 Å². The quantitative estimate of drug-likeness (QED) is 0.592. The smallest absolute Gasteiger partial charge is 0.296 e. The third-order valence-electron chi connectivity index (χ3n) is 2.65. The molecule has 70 valence electrons. The van der Waals surface area contributed by atoms with Crippen molar-refractivity contribution in [3.63, 3.8) is 0 Å². The van der Waals surface area contributed by atoms with Crippen molar-refractivity contribution in [3.05, 3.63) is 23.3 Å². The standard InChI is InChI=1S/C10H8N2O2/c13-9-6-4-7-5(1-2-11-7)3-8(6)12-10(9)14/h3-4,11H,1-2H2,(H,12,13,14). The van der Waals surface area contributed by atoms with E-state index in [2.05, 4.69) is 10.6 Å². The van der Waals surface area contributed by atoms with Crippen molar-refractivity contribution in [2.75, 3.05) is 17.2 Å². The lowest BCUT2D eigenvalue weighted by molar-refractivity contribution is -0.112. The Morgan fingerprint density at radius 3 is 2.86 bits per heavy atom. The van der Waals surface area contributed by atoms with Gasteiger partial charge in [-0.2, -0.15) is 0 Å². The van der Waals surface area contributed by atoms with Crippen LogP contribution in [0.2, 0.25) is 0 Å². The van der Waals surface area contributed by atoms with E-state index < -0.39 is 11.7 Å². The van der Waals surface area contributed by atoms with Gasteiger partial charge >= 0.3 is 0 Å². The number of fused-ring (bicyclic) bond motifs is 2. The molecule has 1 amide bonds. The molecule has 0 bridgehead atoms. The summed E-state index contributed by atoms with van der Waals surface area (Å²) < 4.78 is 0. The van der Waals surface area contributed by atoms with E-state index in [1.807, 2.05) is 6.07 Å². The molecule has 0 fully saturated rings. The Balaban J connectivity index is 2.22. The minimum Gasteiger partial charge on any atom is -0.384 e. The molecule has 0 spiro atoms. The molecule has 2 aliphatic heterocycles. The second-order valence-electron chi connectivity index (χ2n) is 3.51. The fraction of sp³-hybridized carbons (Fsp3) is 0.200. The van der Waals surface area contributed by atoms with Gasteiger partial charge < -0.3 is 10.6 Å². The highest BCUT2D eigenvalue weighted by molar-refractivity contribution is 6.51. The van der Waals surface area contributed by atoms with Crippen LogP contribution in [0.5, 0.6) is 0 Å². The van der Waals surface area contributed by atoms with E-state index in [0.717, 1.165) is 18.7 Å². The molecule has 4 nitrogen and oxygen atoms in total. The second-order valence-corrected chi connectivity index (χ2v) is 3.51. The number of carbonyl (C=O) groups excluding carboxylic acids is 2. The zero-order valence-corrected chi connectivity index (χ0v) is 7.39. The highest BCUT2D eigenvalue weighted by Crippen LogP contribution is 2.32. The molecule has 0 radical (unpaired) electrons. The van der Waals surface area contributed by atoms with Gasteiger partial charge in [0.15, 0.2) is 0 Å². The van der Waals surface area contributed by atoms with Crippen LogP contribution in [0, 0.1) is 0 Å². The number of hydrogen-bond donors (Lipinski definition) is 2. The van der Waals surface area contributed by atoms with Crippen molar-refractivity contribution < 1.29 is 9.59 Å². The summed E-state index contributed by atoms with van der Waals surface area (Å²) in [4.78, 5) is 22.4. The molecule has 4 heteroatoms. The molecule has 0 unspecified atom stereocenters. The normalized spacial score (nSPS) is 17.4. The average molecular weight is 188 g/mol. The van der Waals surface area contributed by atoms with Crippen LogP contribution in [-0.4, -0.2) is 18.2 Å². The Kier molecular flexibility index (Phi) is 1.27. The van der Waals surface area contributed by atoms with Gasteiger partial charge in [0.25, 0.3) is 11.7 Å². The summed E-state index contributed by atoms with van der Waals surface area (Å²) in [5.41, 5.74) is 3.29. The lowest BCUT2D eigenvalue weighted by Crippen LogP contribution is -2.12. The first-order chi connectivity index (χ1) is 6.75. The zero-order valence-electron chi connectivity index (χ0n) is 7.39. The summed E-state index contributed by atoms with van der Waals surface area (Å²) >= 11 is 0. The second kappa shape index (κ2) is 2.35. The number of carbonyl (C=O) groups is 2. The molecule has 0 atom stereocenters. The fourth-order valence-electron chi connectivity index (χ4n) is 1.94. The molecule has 2 N–H and O–H groups in total. The summed E-state index contributed by atoms with van der Waals surface area (Å²) in [5.74, 6) is -0.958. The van der Waals surface area contributed by atoms with E-state index in [0.29, 0.717) is 11.3 Å². The molecule has 14 heavy (non-hydrogen) atoms. The van der Waals surface area contributed by atoms with Crippen LogP contribution < -0.4 is 10.6 Å². The van der Waals surface area contributed by atoms with Crippen LogP contribution in [0.1, 0.15) is 15.9 Å². The Morgan fingerprint density at radius 2 is 2.00 bits per heavy atom. The molecule has 0 saturated heterocycles. The summed E-state index contributed by atoms with van der Waals surface area (Å²) in [6, 6.07) is 3.64. The van der Waals surface area contributed by atoms with Gasteiger partial charge in [-0.3, -0.25) is 9.59 Å². The van der Waals surface area contributed by atoms with Crippen LogP contribution in [-0.2, 0) is 11.2 Å². The largest absolute Gasteiger partial charge is 0.384 e. The molecular weight excluding hydrogens is 180 g/mol. The maximum atomic E-state index is 11.4. The molecular formula is C10H8N2O2. The van der Waals surface area contributed by atoms with E-state index in [1.54, 1.807) is 6.07 Å². The van der Waals surface area contributed by atoms with Gasteiger partial charge in [0.05, 0.1) is 11.3 Å². The summed E-state index contributed by atoms with van der Waals surface area (Å²) in [6.45, 7) is 0.903. The molecule has 0 saturated carbocycles. The number of benzene rings is 1. The Labute approximate surface area is 80.3 Å². The van der Waals surface area contributed by atoms with Gasteiger partial charge in [0, 0.05) is 12.2 Å². The minimum atomic E-state index is -0.524. The van der Waals surface area contributed by atoms with Crippen LogP contribution in [0.15, 0.2) is 12.1 Å². The van der Waals surface area contributed by atoms with Gasteiger partial charge in [-0.25, -0.2) is 0 Å². The van der Waals surface area contributed by atoms with Crippen molar-refractivity contribution in [2.45, 2.75) is 6.42 Å². The number of Topliss-reactive ketones (excluding diaryl/α,β-unsaturated/α-hetero) is 1. The molecule has 2 heterocycles. The molecule has 1 aromatic rings. The lowest BCUT2D eigenvalue weighted by atomic mass is 10.1. The van der Waals surface area contributed by atoms with Crippen molar-refractivity contribution in [1.82, 2.24) is 0 Å².